The fraction of sp³-hybridized carbons (Fsp3) is 0.333. The Bertz CT molecular complexity index is 1130. The molecule has 190 valence electrons. The number of carbonyl (C=O) groups is 1. The first-order valence-electron chi connectivity index (χ1n) is 11.7. The highest BCUT2D eigenvalue weighted by molar-refractivity contribution is 5.97. The molecule has 0 N–H and O–H groups in total. The van der Waals surface area contributed by atoms with E-state index in [4.69, 9.17) is 9.57 Å². The Morgan fingerprint density at radius 1 is 1.14 bits per heavy atom. The molecule has 2 heterocycles. The molecule has 2 aromatic carbocycles. The van der Waals surface area contributed by atoms with Gasteiger partial charge in [0.05, 0.1) is 32.3 Å². The molecule has 4 rings (SSSR count). The molecule has 0 amide bonds. The number of hydrogen-bond acceptors (Lipinski definition) is 6. The quantitative estimate of drug-likeness (QED) is 0.280. The largest absolute Gasteiger partial charge is 0.496 e. The Morgan fingerprint density at radius 2 is 1.89 bits per heavy atom. The van der Waals surface area contributed by atoms with E-state index in [0.717, 1.165) is 5.56 Å². The molecule has 1 fully saturated rings. The molecule has 0 bridgehead atoms. The number of methoxy groups -OCH3 is 1. The first-order valence-corrected chi connectivity index (χ1v) is 11.7. The van der Waals surface area contributed by atoms with Crippen molar-refractivity contribution in [3.8, 4) is 5.75 Å². The van der Waals surface area contributed by atoms with E-state index in [-0.39, 0.29) is 18.9 Å². The summed E-state index contributed by atoms with van der Waals surface area (Å²) in [6.07, 6.45) is 4.34. The second-order valence-electron chi connectivity index (χ2n) is 8.59. The maximum Gasteiger partial charge on any atom is 0.360 e. The number of likely N-dealkylation sites (tertiary alicyclic amines) is 1. The van der Waals surface area contributed by atoms with Crippen LogP contribution < -0.4 is 4.74 Å². The van der Waals surface area contributed by atoms with E-state index in [9.17, 15) is 18.0 Å². The topological polar surface area (TPSA) is 54.9 Å². The lowest BCUT2D eigenvalue weighted by Crippen LogP contribution is -2.51. The Morgan fingerprint density at radius 3 is 2.58 bits per heavy atom. The number of rotatable bonds is 10. The molecule has 2 unspecified atom stereocenters. The summed E-state index contributed by atoms with van der Waals surface area (Å²) < 4.78 is 46.6. The predicted octanol–water partition coefficient (Wildman–Crippen LogP) is 5.27. The molecule has 3 aromatic rings. The molecule has 2 atom stereocenters. The maximum atomic E-state index is 14.0. The van der Waals surface area contributed by atoms with Gasteiger partial charge in [-0.15, -0.1) is 0 Å². The highest BCUT2D eigenvalue weighted by Crippen LogP contribution is 2.37. The molecule has 0 saturated carbocycles. The number of carbonyl (C=O) groups excluding carboxylic acids is 1. The third-order valence-electron chi connectivity index (χ3n) is 6.35. The molecule has 1 saturated heterocycles. The first kappa shape index (κ1) is 25.8. The van der Waals surface area contributed by atoms with Gasteiger partial charge in [0.1, 0.15) is 11.6 Å². The molecule has 0 aliphatic carbocycles. The summed E-state index contributed by atoms with van der Waals surface area (Å²) in [5.41, 5.74) is 1.79. The van der Waals surface area contributed by atoms with Crippen LogP contribution >= 0.6 is 0 Å². The maximum absolute atomic E-state index is 14.0. The van der Waals surface area contributed by atoms with E-state index in [1.54, 1.807) is 24.5 Å². The van der Waals surface area contributed by atoms with E-state index in [2.05, 4.69) is 4.98 Å². The average Bonchev–Trinajstić information content (AvgIpc) is 2.89. The Balaban J connectivity index is 1.68. The van der Waals surface area contributed by atoms with E-state index < -0.39 is 24.5 Å². The third kappa shape index (κ3) is 6.29. The number of ether oxygens (including phenoxy) is 1. The average molecular weight is 500 g/mol. The normalized spacial score (nSPS) is 18.5. The molecule has 9 heteroatoms. The lowest BCUT2D eigenvalue weighted by atomic mass is 9.89. The van der Waals surface area contributed by atoms with E-state index in [0.29, 0.717) is 36.3 Å². The molecule has 0 spiro atoms. The zero-order chi connectivity index (χ0) is 25.5. The summed E-state index contributed by atoms with van der Waals surface area (Å²) in [5.74, 6) is -0.223. The predicted molar refractivity (Wildman–Crippen MR) is 128 cm³/mol. The molecule has 0 radical (unpaired) electrons. The van der Waals surface area contributed by atoms with E-state index >= 15 is 0 Å². The van der Waals surface area contributed by atoms with Crippen molar-refractivity contribution in [2.75, 3.05) is 20.2 Å². The van der Waals surface area contributed by atoms with Gasteiger partial charge in [-0.2, -0.15) is 13.8 Å². The number of hydroxylamine groups is 2. The molecular weight excluding hydrogens is 471 g/mol. The van der Waals surface area contributed by atoms with Crippen molar-refractivity contribution in [2.45, 2.75) is 38.1 Å². The zero-order valence-electron chi connectivity index (χ0n) is 19.9. The van der Waals surface area contributed by atoms with Gasteiger partial charge < -0.3 is 4.74 Å². The lowest BCUT2D eigenvalue weighted by molar-refractivity contribution is -0.312. The van der Waals surface area contributed by atoms with E-state index in [1.165, 1.54) is 30.4 Å². The summed E-state index contributed by atoms with van der Waals surface area (Å²) >= 11 is 0. The minimum Gasteiger partial charge on any atom is -0.496 e. The fourth-order valence-corrected chi connectivity index (χ4v) is 4.79. The Hall–Kier alpha value is -3.27. The van der Waals surface area contributed by atoms with E-state index in [1.807, 2.05) is 35.2 Å². The summed E-state index contributed by atoms with van der Waals surface area (Å²) in [6, 6.07) is 15.8. The van der Waals surface area contributed by atoms with Crippen molar-refractivity contribution >= 4 is 5.78 Å². The number of ketones is 1. The van der Waals surface area contributed by atoms with Crippen LogP contribution in [0.4, 0.5) is 13.2 Å². The van der Waals surface area contributed by atoms with Gasteiger partial charge in [0.15, 0.2) is 5.78 Å². The Labute approximate surface area is 208 Å². The molecule has 36 heavy (non-hydrogen) atoms. The molecular formula is C27H28F3N3O3. The van der Waals surface area contributed by atoms with Crippen LogP contribution in [0.2, 0.25) is 0 Å². The van der Waals surface area contributed by atoms with Gasteiger partial charge in [-0.3, -0.25) is 14.7 Å². The molecule has 6 nitrogen and oxygen atoms in total. The summed E-state index contributed by atoms with van der Waals surface area (Å²) in [4.78, 5) is 24.0. The number of hydrogen-bond donors (Lipinski definition) is 0. The van der Waals surface area contributed by atoms with Crippen LogP contribution in [-0.2, 0) is 11.4 Å². The van der Waals surface area contributed by atoms with Crippen LogP contribution in [0.15, 0.2) is 73.1 Å². The van der Waals surface area contributed by atoms with Crippen molar-refractivity contribution in [2.24, 2.45) is 0 Å². The van der Waals surface area contributed by atoms with Gasteiger partial charge in [0, 0.05) is 23.5 Å². The smallest absolute Gasteiger partial charge is 0.360 e. The highest BCUT2D eigenvalue weighted by atomic mass is 19.3. The monoisotopic (exact) mass is 499 g/mol. The van der Waals surface area contributed by atoms with Gasteiger partial charge >= 0.3 is 6.61 Å². The number of benzene rings is 2. The first-order chi connectivity index (χ1) is 17.5. The van der Waals surface area contributed by atoms with Crippen molar-refractivity contribution in [1.29, 1.82) is 0 Å². The molecule has 1 aliphatic rings. The number of aromatic nitrogens is 1. The van der Waals surface area contributed by atoms with Crippen LogP contribution in [0.5, 0.6) is 5.75 Å². The van der Waals surface area contributed by atoms with Crippen LogP contribution in [0.3, 0.4) is 0 Å². The second-order valence-corrected chi connectivity index (χ2v) is 8.59. The van der Waals surface area contributed by atoms with Gasteiger partial charge in [0.2, 0.25) is 0 Å². The van der Waals surface area contributed by atoms with Crippen LogP contribution in [-0.4, -0.2) is 53.6 Å². The van der Waals surface area contributed by atoms with Crippen LogP contribution in [0, 0.1) is 5.82 Å². The SMILES string of the molecule is COc1ccc(F)cc1CN(OC(F)F)C1CCCN(CC(=O)c2ccncc2)C1c1ccccc1. The molecule has 1 aromatic heterocycles. The lowest BCUT2D eigenvalue weighted by Gasteiger charge is -2.45. The molecule has 1 aliphatic heterocycles. The third-order valence-corrected chi connectivity index (χ3v) is 6.35. The van der Waals surface area contributed by atoms with Crippen molar-refractivity contribution < 1.29 is 27.5 Å². The summed E-state index contributed by atoms with van der Waals surface area (Å²) in [6.45, 7) is -2.48. The number of piperidine rings is 1. The fourth-order valence-electron chi connectivity index (χ4n) is 4.79. The Kier molecular flexibility index (Phi) is 8.69. The number of alkyl halides is 2. The van der Waals surface area contributed by atoms with Gasteiger partial charge in [-0.05, 0) is 55.3 Å². The minimum absolute atomic E-state index is 0.0906. The number of nitrogens with zero attached hydrogens (tertiary/aromatic N) is 3. The minimum atomic E-state index is -3.07. The zero-order valence-corrected chi connectivity index (χ0v) is 19.9. The van der Waals surface area contributed by atoms with Crippen LogP contribution in [0.25, 0.3) is 0 Å². The number of halogens is 3. The van der Waals surface area contributed by atoms with Crippen molar-refractivity contribution in [3.63, 3.8) is 0 Å². The van der Waals surface area contributed by atoms with Crippen molar-refractivity contribution in [1.82, 2.24) is 14.9 Å². The summed E-state index contributed by atoms with van der Waals surface area (Å²) in [5, 5.41) is 1.21. The van der Waals surface area contributed by atoms with Crippen molar-refractivity contribution in [3.05, 3.63) is 95.6 Å². The highest BCUT2D eigenvalue weighted by Gasteiger charge is 2.39. The number of pyridine rings is 1. The van der Waals surface area contributed by atoms with Gasteiger partial charge in [-0.1, -0.05) is 30.3 Å². The summed E-state index contributed by atoms with van der Waals surface area (Å²) in [7, 11) is 1.44. The van der Waals surface area contributed by atoms with Gasteiger partial charge in [-0.25, -0.2) is 9.23 Å². The second kappa shape index (κ2) is 12.1. The van der Waals surface area contributed by atoms with Gasteiger partial charge in [0.25, 0.3) is 0 Å². The standard InChI is InChI=1S/C27H28F3N3O3/c1-35-25-10-9-22(28)16-21(25)17-33(36-27(29)30)23-8-5-15-32(26(23)20-6-3-2-4-7-20)18-24(34)19-11-13-31-14-12-19/h2-4,6-7,9-14,16,23,26-27H,5,8,15,17-18H2,1H3. The number of Topliss-reactive ketones (excluding diaryl/α,β-unsaturated/α-hetero) is 1. The van der Waals surface area contributed by atoms with Crippen LogP contribution in [0.1, 0.15) is 40.4 Å².